The minimum absolute atomic E-state index is 0.119. The molecule has 0 aliphatic carbocycles. The van der Waals surface area contributed by atoms with E-state index < -0.39 is 0 Å². The van der Waals surface area contributed by atoms with Gasteiger partial charge in [0.15, 0.2) is 0 Å². The van der Waals surface area contributed by atoms with Crippen LogP contribution >= 0.6 is 0 Å². The molecule has 2 rings (SSSR count). The zero-order valence-electron chi connectivity index (χ0n) is 8.93. The van der Waals surface area contributed by atoms with Crippen molar-refractivity contribution < 1.29 is 4.74 Å². The lowest BCUT2D eigenvalue weighted by Crippen LogP contribution is -2.03. The van der Waals surface area contributed by atoms with Crippen LogP contribution in [-0.4, -0.2) is 16.6 Å². The molecule has 0 atom stereocenters. The quantitative estimate of drug-likeness (QED) is 0.851. The first-order valence-corrected chi connectivity index (χ1v) is 5.08. The van der Waals surface area contributed by atoms with Gasteiger partial charge >= 0.3 is 0 Å². The summed E-state index contributed by atoms with van der Waals surface area (Å²) in [5, 5.41) is 0. The Hall–Kier alpha value is -2.10. The Morgan fingerprint density at radius 2 is 2.19 bits per heavy atom. The summed E-state index contributed by atoms with van der Waals surface area (Å²) >= 11 is 0. The van der Waals surface area contributed by atoms with Gasteiger partial charge in [0.25, 0.3) is 0 Å². The van der Waals surface area contributed by atoms with Crippen LogP contribution in [0.1, 0.15) is 6.92 Å². The summed E-state index contributed by atoms with van der Waals surface area (Å²) in [6.07, 6.45) is 1.68. The van der Waals surface area contributed by atoms with Crippen LogP contribution in [0.25, 0.3) is 11.3 Å². The van der Waals surface area contributed by atoms with Crippen LogP contribution in [0.4, 0.5) is 0 Å². The van der Waals surface area contributed by atoms with E-state index in [0.29, 0.717) is 12.5 Å². The highest BCUT2D eigenvalue weighted by Gasteiger charge is 1.99. The van der Waals surface area contributed by atoms with Crippen LogP contribution in [0.3, 0.4) is 0 Å². The molecule has 2 heterocycles. The van der Waals surface area contributed by atoms with Crippen molar-refractivity contribution in [2.45, 2.75) is 6.92 Å². The van der Waals surface area contributed by atoms with E-state index in [1.54, 1.807) is 18.3 Å². The molecule has 0 aliphatic rings. The lowest BCUT2D eigenvalue weighted by molar-refractivity contribution is 0.327. The highest BCUT2D eigenvalue weighted by atomic mass is 16.5. The molecule has 2 aromatic heterocycles. The molecule has 4 heteroatoms. The predicted octanol–water partition coefficient (Wildman–Crippen LogP) is 1.84. The number of aromatic amines is 1. The normalized spacial score (nSPS) is 10.1. The smallest absolute Gasteiger partial charge is 0.248 e. The number of rotatable bonds is 3. The van der Waals surface area contributed by atoms with E-state index >= 15 is 0 Å². The Kier molecular flexibility index (Phi) is 3.00. The maximum atomic E-state index is 11.1. The van der Waals surface area contributed by atoms with Gasteiger partial charge in [-0.05, 0) is 19.1 Å². The molecule has 4 nitrogen and oxygen atoms in total. The zero-order valence-corrected chi connectivity index (χ0v) is 8.93. The SMILES string of the molecule is CCOc1ccc(-c2cccc(=O)[nH]2)cn1. The van der Waals surface area contributed by atoms with Crippen LogP contribution in [0.15, 0.2) is 41.3 Å². The van der Waals surface area contributed by atoms with E-state index in [2.05, 4.69) is 9.97 Å². The number of nitrogens with zero attached hydrogens (tertiary/aromatic N) is 1. The second kappa shape index (κ2) is 4.61. The molecule has 82 valence electrons. The minimum Gasteiger partial charge on any atom is -0.478 e. The van der Waals surface area contributed by atoms with Gasteiger partial charge in [-0.15, -0.1) is 0 Å². The molecule has 2 aromatic rings. The number of nitrogens with one attached hydrogen (secondary N) is 1. The zero-order chi connectivity index (χ0) is 11.4. The van der Waals surface area contributed by atoms with Gasteiger partial charge in [0.1, 0.15) is 0 Å². The highest BCUT2D eigenvalue weighted by Crippen LogP contribution is 2.16. The van der Waals surface area contributed by atoms with E-state index in [0.717, 1.165) is 11.3 Å². The Labute approximate surface area is 92.9 Å². The van der Waals surface area contributed by atoms with Crippen LogP contribution < -0.4 is 10.3 Å². The predicted molar refractivity (Wildman–Crippen MR) is 61.5 cm³/mol. The molecule has 0 unspecified atom stereocenters. The summed E-state index contributed by atoms with van der Waals surface area (Å²) < 4.78 is 5.24. The first kappa shape index (κ1) is 10.4. The van der Waals surface area contributed by atoms with Gasteiger partial charge in [0, 0.05) is 29.6 Å². The second-order valence-electron chi connectivity index (χ2n) is 3.25. The van der Waals surface area contributed by atoms with E-state index in [4.69, 9.17) is 4.74 Å². The second-order valence-corrected chi connectivity index (χ2v) is 3.25. The van der Waals surface area contributed by atoms with Crippen molar-refractivity contribution in [3.8, 4) is 17.1 Å². The fourth-order valence-electron chi connectivity index (χ4n) is 1.39. The first-order valence-electron chi connectivity index (χ1n) is 5.08. The maximum Gasteiger partial charge on any atom is 0.248 e. The van der Waals surface area contributed by atoms with Crippen molar-refractivity contribution in [2.75, 3.05) is 6.61 Å². The molecule has 0 aliphatic heterocycles. The number of hydrogen-bond acceptors (Lipinski definition) is 3. The van der Waals surface area contributed by atoms with Crippen LogP contribution in [0.2, 0.25) is 0 Å². The number of pyridine rings is 2. The molecular formula is C12H12N2O2. The molecule has 0 saturated carbocycles. The van der Waals surface area contributed by atoms with Crippen LogP contribution in [-0.2, 0) is 0 Å². The van der Waals surface area contributed by atoms with Crippen molar-refractivity contribution in [1.29, 1.82) is 0 Å². The monoisotopic (exact) mass is 216 g/mol. The summed E-state index contributed by atoms with van der Waals surface area (Å²) in [6, 6.07) is 8.67. The molecule has 0 aromatic carbocycles. The number of hydrogen-bond donors (Lipinski definition) is 1. The number of aromatic nitrogens is 2. The van der Waals surface area contributed by atoms with E-state index in [1.165, 1.54) is 6.07 Å². The summed E-state index contributed by atoms with van der Waals surface area (Å²) in [5.41, 5.74) is 1.50. The fourth-order valence-corrected chi connectivity index (χ4v) is 1.39. The number of ether oxygens (including phenoxy) is 1. The first-order chi connectivity index (χ1) is 7.79. The standard InChI is InChI=1S/C12H12N2O2/c1-2-16-12-7-6-9(8-13-12)10-4-3-5-11(15)14-10/h3-8H,2H2,1H3,(H,14,15). The molecule has 0 radical (unpaired) electrons. The highest BCUT2D eigenvalue weighted by molar-refractivity contribution is 5.57. The van der Waals surface area contributed by atoms with E-state index in [1.807, 2.05) is 19.1 Å². The van der Waals surface area contributed by atoms with Gasteiger partial charge in [-0.25, -0.2) is 4.98 Å². The fraction of sp³-hybridized carbons (Fsp3) is 0.167. The van der Waals surface area contributed by atoms with Gasteiger partial charge in [-0.1, -0.05) is 6.07 Å². The van der Waals surface area contributed by atoms with Gasteiger partial charge in [0.05, 0.1) is 6.61 Å². The van der Waals surface area contributed by atoms with Crippen LogP contribution in [0.5, 0.6) is 5.88 Å². The lowest BCUT2D eigenvalue weighted by atomic mass is 10.2. The Morgan fingerprint density at radius 3 is 2.81 bits per heavy atom. The third-order valence-corrected chi connectivity index (χ3v) is 2.11. The van der Waals surface area contributed by atoms with Gasteiger partial charge in [0.2, 0.25) is 11.4 Å². The van der Waals surface area contributed by atoms with Crippen molar-refractivity contribution in [3.05, 3.63) is 46.9 Å². The molecule has 0 amide bonds. The number of H-pyrrole nitrogens is 1. The van der Waals surface area contributed by atoms with Gasteiger partial charge in [-0.3, -0.25) is 4.79 Å². The lowest BCUT2D eigenvalue weighted by Gasteiger charge is -2.03. The third kappa shape index (κ3) is 2.28. The molecule has 16 heavy (non-hydrogen) atoms. The summed E-state index contributed by atoms with van der Waals surface area (Å²) in [4.78, 5) is 18.0. The van der Waals surface area contributed by atoms with Gasteiger partial charge < -0.3 is 9.72 Å². The minimum atomic E-state index is -0.119. The molecule has 0 bridgehead atoms. The van der Waals surface area contributed by atoms with Gasteiger partial charge in [-0.2, -0.15) is 0 Å². The topological polar surface area (TPSA) is 55.0 Å². The van der Waals surface area contributed by atoms with Crippen LogP contribution in [0, 0.1) is 0 Å². The van der Waals surface area contributed by atoms with E-state index in [9.17, 15) is 4.79 Å². The maximum absolute atomic E-state index is 11.1. The van der Waals surface area contributed by atoms with Crippen molar-refractivity contribution in [2.24, 2.45) is 0 Å². The van der Waals surface area contributed by atoms with Crippen molar-refractivity contribution in [1.82, 2.24) is 9.97 Å². The van der Waals surface area contributed by atoms with Crippen molar-refractivity contribution >= 4 is 0 Å². The van der Waals surface area contributed by atoms with E-state index in [-0.39, 0.29) is 5.56 Å². The summed E-state index contributed by atoms with van der Waals surface area (Å²) in [7, 11) is 0. The Balaban J connectivity index is 2.31. The average molecular weight is 216 g/mol. The molecule has 0 fully saturated rings. The third-order valence-electron chi connectivity index (χ3n) is 2.11. The van der Waals surface area contributed by atoms with Crippen molar-refractivity contribution in [3.63, 3.8) is 0 Å². The average Bonchev–Trinajstić information content (AvgIpc) is 2.30. The molecular weight excluding hydrogens is 204 g/mol. The summed E-state index contributed by atoms with van der Waals surface area (Å²) in [5.74, 6) is 0.588. The summed E-state index contributed by atoms with van der Waals surface area (Å²) in [6.45, 7) is 2.50. The molecule has 0 spiro atoms. The largest absolute Gasteiger partial charge is 0.478 e. The molecule has 1 N–H and O–H groups in total. The Bertz CT molecular complexity index is 517. The molecule has 0 saturated heterocycles. The Morgan fingerprint density at radius 1 is 1.31 bits per heavy atom.